The molecule has 0 amide bonds. The highest BCUT2D eigenvalue weighted by atomic mass is 16.5. The van der Waals surface area contributed by atoms with Crippen molar-refractivity contribution in [1.29, 1.82) is 0 Å². The molecule has 0 atom stereocenters. The van der Waals surface area contributed by atoms with E-state index >= 15 is 0 Å². The maximum atomic E-state index is 11.5. The Bertz CT molecular complexity index is 547. The molecule has 0 fully saturated rings. The molecular weight excluding hydrogens is 236 g/mol. The van der Waals surface area contributed by atoms with Gasteiger partial charge in [0.15, 0.2) is 5.82 Å². The van der Waals surface area contributed by atoms with Crippen LogP contribution in [0.2, 0.25) is 0 Å². The molecule has 0 radical (unpaired) electrons. The minimum absolute atomic E-state index is 0.108. The van der Waals surface area contributed by atoms with Crippen molar-refractivity contribution in [3.63, 3.8) is 0 Å². The average molecular weight is 250 g/mol. The molecule has 7 heteroatoms. The third-order valence-corrected chi connectivity index (χ3v) is 2.22. The van der Waals surface area contributed by atoms with E-state index in [0.717, 1.165) is 0 Å². The maximum Gasteiger partial charge on any atom is 0.442 e. The second-order valence-corrected chi connectivity index (χ2v) is 3.92. The topological polar surface area (TPSA) is 83.0 Å². The van der Waals surface area contributed by atoms with Crippen LogP contribution in [0.25, 0.3) is 11.6 Å². The first-order chi connectivity index (χ1) is 8.68. The number of aromatic nitrogens is 4. The first-order valence-corrected chi connectivity index (χ1v) is 5.64. The Kier molecular flexibility index (Phi) is 3.83. The largest absolute Gasteiger partial charge is 0.442 e. The van der Waals surface area contributed by atoms with Gasteiger partial charge in [-0.1, -0.05) is 5.16 Å². The van der Waals surface area contributed by atoms with Crippen molar-refractivity contribution in [2.75, 3.05) is 6.61 Å². The van der Waals surface area contributed by atoms with Crippen LogP contribution >= 0.6 is 0 Å². The van der Waals surface area contributed by atoms with Crippen LogP contribution in [0.1, 0.15) is 13.8 Å². The van der Waals surface area contributed by atoms with E-state index in [1.54, 1.807) is 18.5 Å². The molecule has 2 heterocycles. The zero-order valence-corrected chi connectivity index (χ0v) is 10.2. The fourth-order valence-electron chi connectivity index (χ4n) is 1.42. The summed E-state index contributed by atoms with van der Waals surface area (Å²) in [4.78, 5) is 19.6. The van der Waals surface area contributed by atoms with Gasteiger partial charge in [0.2, 0.25) is 5.82 Å². The molecule has 0 spiro atoms. The lowest BCUT2D eigenvalue weighted by atomic mass is 10.4. The highest BCUT2D eigenvalue weighted by Crippen LogP contribution is 2.08. The van der Waals surface area contributed by atoms with E-state index in [2.05, 4.69) is 19.6 Å². The van der Waals surface area contributed by atoms with Gasteiger partial charge >= 0.3 is 5.76 Å². The van der Waals surface area contributed by atoms with Gasteiger partial charge in [0.05, 0.1) is 19.3 Å². The van der Waals surface area contributed by atoms with Gasteiger partial charge in [-0.05, 0) is 19.9 Å². The zero-order valence-electron chi connectivity index (χ0n) is 10.2. The Balaban J connectivity index is 2.20. The molecule has 96 valence electrons. The van der Waals surface area contributed by atoms with Crippen molar-refractivity contribution in [1.82, 2.24) is 19.7 Å². The molecule has 0 aromatic carbocycles. The SMILES string of the molecule is CC(C)OCCn1c(-c2ncccn2)noc1=O. The summed E-state index contributed by atoms with van der Waals surface area (Å²) < 4.78 is 11.4. The highest BCUT2D eigenvalue weighted by molar-refractivity contribution is 5.41. The summed E-state index contributed by atoms with van der Waals surface area (Å²) in [5.74, 6) is 0.130. The fraction of sp³-hybridized carbons (Fsp3) is 0.455. The molecule has 18 heavy (non-hydrogen) atoms. The van der Waals surface area contributed by atoms with E-state index < -0.39 is 5.76 Å². The molecule has 0 unspecified atom stereocenters. The second-order valence-electron chi connectivity index (χ2n) is 3.92. The van der Waals surface area contributed by atoms with E-state index in [0.29, 0.717) is 24.8 Å². The number of nitrogens with zero attached hydrogens (tertiary/aromatic N) is 4. The Morgan fingerprint density at radius 2 is 2.11 bits per heavy atom. The number of rotatable bonds is 5. The smallest absolute Gasteiger partial charge is 0.377 e. The summed E-state index contributed by atoms with van der Waals surface area (Å²) in [6.45, 7) is 4.61. The molecule has 0 aliphatic heterocycles. The minimum Gasteiger partial charge on any atom is -0.377 e. The number of ether oxygens (including phenoxy) is 1. The molecule has 2 aromatic rings. The summed E-state index contributed by atoms with van der Waals surface area (Å²) in [6.07, 6.45) is 3.27. The first kappa shape index (κ1) is 12.4. The predicted octanol–water partition coefficient (Wildman–Crippen LogP) is 0.718. The van der Waals surface area contributed by atoms with E-state index in [1.165, 1.54) is 4.57 Å². The van der Waals surface area contributed by atoms with Gasteiger partial charge in [0.1, 0.15) is 0 Å². The zero-order chi connectivity index (χ0) is 13.0. The van der Waals surface area contributed by atoms with Crippen molar-refractivity contribution >= 4 is 0 Å². The molecule has 0 saturated carbocycles. The van der Waals surface area contributed by atoms with Crippen LogP contribution in [0, 0.1) is 0 Å². The Morgan fingerprint density at radius 1 is 1.39 bits per heavy atom. The molecule has 2 aromatic heterocycles. The fourth-order valence-corrected chi connectivity index (χ4v) is 1.42. The summed E-state index contributed by atoms with van der Waals surface area (Å²) >= 11 is 0. The molecule has 0 saturated heterocycles. The molecule has 0 bridgehead atoms. The standard InChI is InChI=1S/C11H14N4O3/c1-8(2)17-7-6-15-10(14-18-11(15)16)9-12-4-3-5-13-9/h3-5,8H,6-7H2,1-2H3. The summed E-state index contributed by atoms with van der Waals surface area (Å²) in [6, 6.07) is 1.69. The van der Waals surface area contributed by atoms with Gasteiger partial charge < -0.3 is 4.74 Å². The lowest BCUT2D eigenvalue weighted by Crippen LogP contribution is -2.20. The molecule has 7 nitrogen and oxygen atoms in total. The van der Waals surface area contributed by atoms with Crippen LogP contribution in [-0.2, 0) is 11.3 Å². The summed E-state index contributed by atoms with van der Waals surface area (Å²) in [5, 5.41) is 3.68. The van der Waals surface area contributed by atoms with E-state index in [1.807, 2.05) is 13.8 Å². The monoisotopic (exact) mass is 250 g/mol. The van der Waals surface area contributed by atoms with Crippen LogP contribution in [-0.4, -0.2) is 32.4 Å². The van der Waals surface area contributed by atoms with Crippen LogP contribution in [0.15, 0.2) is 27.8 Å². The maximum absolute atomic E-state index is 11.5. The van der Waals surface area contributed by atoms with Crippen molar-refractivity contribution in [2.45, 2.75) is 26.5 Å². The first-order valence-electron chi connectivity index (χ1n) is 5.64. The van der Waals surface area contributed by atoms with Gasteiger partial charge in [-0.3, -0.25) is 9.09 Å². The third-order valence-electron chi connectivity index (χ3n) is 2.22. The van der Waals surface area contributed by atoms with Gasteiger partial charge in [-0.15, -0.1) is 0 Å². The second kappa shape index (κ2) is 5.54. The van der Waals surface area contributed by atoms with E-state index in [9.17, 15) is 4.79 Å². The molecule has 0 N–H and O–H groups in total. The van der Waals surface area contributed by atoms with Crippen LogP contribution in [0.4, 0.5) is 0 Å². The van der Waals surface area contributed by atoms with Gasteiger partial charge in [-0.2, -0.15) is 0 Å². The molecule has 0 aliphatic rings. The quantitative estimate of drug-likeness (QED) is 0.777. The number of hydrogen-bond acceptors (Lipinski definition) is 6. The van der Waals surface area contributed by atoms with Crippen molar-refractivity contribution in [3.05, 3.63) is 29.0 Å². The Hall–Kier alpha value is -2.02. The molecule has 0 aliphatic carbocycles. The van der Waals surface area contributed by atoms with Crippen LogP contribution in [0.3, 0.4) is 0 Å². The van der Waals surface area contributed by atoms with Crippen molar-refractivity contribution in [2.24, 2.45) is 0 Å². The summed E-state index contributed by atoms with van der Waals surface area (Å²) in [7, 11) is 0. The van der Waals surface area contributed by atoms with Crippen LogP contribution < -0.4 is 5.76 Å². The van der Waals surface area contributed by atoms with E-state index in [4.69, 9.17) is 4.74 Å². The van der Waals surface area contributed by atoms with Crippen molar-refractivity contribution < 1.29 is 9.26 Å². The Morgan fingerprint density at radius 3 is 2.78 bits per heavy atom. The lowest BCUT2D eigenvalue weighted by molar-refractivity contribution is 0.0719. The molecular formula is C11H14N4O3. The lowest BCUT2D eigenvalue weighted by Gasteiger charge is -2.07. The Labute approximate surface area is 103 Å². The van der Waals surface area contributed by atoms with E-state index in [-0.39, 0.29) is 6.10 Å². The van der Waals surface area contributed by atoms with Gasteiger partial charge in [-0.25, -0.2) is 14.8 Å². The van der Waals surface area contributed by atoms with Gasteiger partial charge in [0.25, 0.3) is 0 Å². The highest BCUT2D eigenvalue weighted by Gasteiger charge is 2.14. The number of hydrogen-bond donors (Lipinski definition) is 0. The third kappa shape index (κ3) is 2.80. The summed E-state index contributed by atoms with van der Waals surface area (Å²) in [5.41, 5.74) is 0. The predicted molar refractivity (Wildman–Crippen MR) is 62.9 cm³/mol. The van der Waals surface area contributed by atoms with Gasteiger partial charge in [0, 0.05) is 12.4 Å². The minimum atomic E-state index is -0.537. The van der Waals surface area contributed by atoms with Crippen molar-refractivity contribution in [3.8, 4) is 11.6 Å². The van der Waals surface area contributed by atoms with Crippen LogP contribution in [0.5, 0.6) is 0 Å². The normalized spacial score (nSPS) is 11.1. The average Bonchev–Trinajstić information content (AvgIpc) is 2.72. The molecule has 2 rings (SSSR count).